The Morgan fingerprint density at radius 2 is 2.05 bits per heavy atom. The molecule has 0 aromatic heterocycles. The predicted molar refractivity (Wildman–Crippen MR) is 80.4 cm³/mol. The number of ether oxygens (including phenoxy) is 1. The van der Waals surface area contributed by atoms with Crippen LogP contribution < -0.4 is 10.1 Å². The Labute approximate surface area is 125 Å². The first-order chi connectivity index (χ1) is 9.49. The number of carboxylic acids is 1. The highest BCUT2D eigenvalue weighted by atomic mass is 35.5. The van der Waals surface area contributed by atoms with Crippen molar-refractivity contribution in [2.24, 2.45) is 5.41 Å². The van der Waals surface area contributed by atoms with Crippen LogP contribution in [0, 0.1) is 5.41 Å². The van der Waals surface area contributed by atoms with E-state index in [9.17, 15) is 9.90 Å². The minimum atomic E-state index is -0.747. The summed E-state index contributed by atoms with van der Waals surface area (Å²) in [6, 6.07) is 5.55. The summed E-state index contributed by atoms with van der Waals surface area (Å²) >= 11 is 6.06. The van der Waals surface area contributed by atoms with Crippen LogP contribution in [0.15, 0.2) is 18.2 Å². The van der Waals surface area contributed by atoms with E-state index in [1.807, 2.05) is 32.0 Å². The number of carbonyl (C=O) groups is 1. The summed E-state index contributed by atoms with van der Waals surface area (Å²) in [5.74, 6) is -0.111. The molecule has 0 aliphatic rings. The molecule has 0 unspecified atom stereocenters. The first-order valence-corrected chi connectivity index (χ1v) is 7.13. The van der Waals surface area contributed by atoms with Crippen LogP contribution in [0.3, 0.4) is 0 Å². The molecule has 112 valence electrons. The van der Waals surface area contributed by atoms with E-state index in [0.717, 1.165) is 5.56 Å². The summed E-state index contributed by atoms with van der Waals surface area (Å²) in [6.07, 6.45) is 1.21. The second kappa shape index (κ2) is 7.50. The van der Waals surface area contributed by atoms with E-state index < -0.39 is 11.4 Å². The molecule has 0 radical (unpaired) electrons. The lowest BCUT2D eigenvalue weighted by Gasteiger charge is -2.27. The van der Waals surface area contributed by atoms with Gasteiger partial charge in [-0.2, -0.15) is 0 Å². The number of methoxy groups -OCH3 is 1. The van der Waals surface area contributed by atoms with Crippen molar-refractivity contribution in [3.05, 3.63) is 28.8 Å². The normalized spacial score (nSPS) is 11.4. The third-order valence-corrected chi connectivity index (χ3v) is 4.11. The number of nitrogens with one attached hydrogen (secondary N) is 1. The quantitative estimate of drug-likeness (QED) is 0.773. The van der Waals surface area contributed by atoms with Gasteiger partial charge in [0.05, 0.1) is 17.5 Å². The molecule has 0 atom stereocenters. The van der Waals surface area contributed by atoms with Gasteiger partial charge in [-0.25, -0.2) is 0 Å². The van der Waals surface area contributed by atoms with Crippen molar-refractivity contribution in [1.82, 2.24) is 5.32 Å². The van der Waals surface area contributed by atoms with Crippen molar-refractivity contribution in [2.45, 2.75) is 33.2 Å². The van der Waals surface area contributed by atoms with Gasteiger partial charge in [0.15, 0.2) is 0 Å². The second-order valence-electron chi connectivity index (χ2n) is 4.87. The number of rotatable bonds is 8. The number of hydrogen-bond acceptors (Lipinski definition) is 3. The van der Waals surface area contributed by atoms with Gasteiger partial charge in [0, 0.05) is 13.1 Å². The fourth-order valence-corrected chi connectivity index (χ4v) is 2.42. The van der Waals surface area contributed by atoms with Crippen LogP contribution in [0.4, 0.5) is 0 Å². The average Bonchev–Trinajstić information content (AvgIpc) is 2.44. The van der Waals surface area contributed by atoms with E-state index in [1.54, 1.807) is 7.11 Å². The molecular formula is C15H22ClNO3. The minimum absolute atomic E-state index is 0.443. The van der Waals surface area contributed by atoms with E-state index in [4.69, 9.17) is 16.3 Å². The van der Waals surface area contributed by atoms with Gasteiger partial charge < -0.3 is 15.2 Å². The zero-order chi connectivity index (χ0) is 15.2. The Balaban J connectivity index is 2.63. The maximum Gasteiger partial charge on any atom is 0.310 e. The lowest BCUT2D eigenvalue weighted by Crippen LogP contribution is -2.40. The lowest BCUT2D eigenvalue weighted by atomic mass is 9.82. The maximum atomic E-state index is 11.4. The molecular weight excluding hydrogens is 278 g/mol. The number of benzene rings is 1. The molecule has 0 bridgehead atoms. The first kappa shape index (κ1) is 16.8. The molecule has 0 saturated carbocycles. The highest BCUT2D eigenvalue weighted by Crippen LogP contribution is 2.27. The van der Waals surface area contributed by atoms with Gasteiger partial charge in [0.1, 0.15) is 5.75 Å². The molecule has 1 aromatic carbocycles. The summed E-state index contributed by atoms with van der Waals surface area (Å²) < 4.78 is 5.09. The van der Waals surface area contributed by atoms with E-state index in [0.29, 0.717) is 36.7 Å². The Morgan fingerprint density at radius 1 is 1.40 bits per heavy atom. The Kier molecular flexibility index (Phi) is 6.30. The molecule has 0 amide bonds. The Hall–Kier alpha value is -1.26. The molecule has 5 heteroatoms. The standard InChI is InChI=1S/C15H22ClNO3/c1-4-15(5-2,14(18)19)10-17-9-11-6-7-13(20-3)12(16)8-11/h6-8,17H,4-5,9-10H2,1-3H3,(H,18,19). The van der Waals surface area contributed by atoms with Crippen LogP contribution in [-0.4, -0.2) is 24.7 Å². The first-order valence-electron chi connectivity index (χ1n) is 6.75. The fourth-order valence-electron chi connectivity index (χ4n) is 2.14. The van der Waals surface area contributed by atoms with Crippen molar-refractivity contribution >= 4 is 17.6 Å². The number of hydrogen-bond donors (Lipinski definition) is 2. The van der Waals surface area contributed by atoms with Crippen LogP contribution in [0.2, 0.25) is 5.02 Å². The van der Waals surface area contributed by atoms with E-state index >= 15 is 0 Å². The minimum Gasteiger partial charge on any atom is -0.495 e. The molecule has 1 aromatic rings. The molecule has 4 nitrogen and oxygen atoms in total. The molecule has 1 rings (SSSR count). The second-order valence-corrected chi connectivity index (χ2v) is 5.27. The van der Waals surface area contributed by atoms with Crippen molar-refractivity contribution in [3.8, 4) is 5.75 Å². The fraction of sp³-hybridized carbons (Fsp3) is 0.533. The molecule has 0 aliphatic heterocycles. The molecule has 20 heavy (non-hydrogen) atoms. The SMILES string of the molecule is CCC(CC)(CNCc1ccc(OC)c(Cl)c1)C(=O)O. The van der Waals surface area contributed by atoms with Gasteiger partial charge in [-0.1, -0.05) is 31.5 Å². The summed E-state index contributed by atoms with van der Waals surface area (Å²) in [5.41, 5.74) is 0.304. The summed E-state index contributed by atoms with van der Waals surface area (Å²) in [7, 11) is 1.57. The number of aliphatic carboxylic acids is 1. The monoisotopic (exact) mass is 299 g/mol. The summed E-state index contributed by atoms with van der Waals surface area (Å²) in [4.78, 5) is 11.4. The topological polar surface area (TPSA) is 58.6 Å². The molecule has 2 N–H and O–H groups in total. The molecule has 0 spiro atoms. The van der Waals surface area contributed by atoms with Gasteiger partial charge in [0.25, 0.3) is 0 Å². The third kappa shape index (κ3) is 3.87. The van der Waals surface area contributed by atoms with Crippen molar-refractivity contribution in [3.63, 3.8) is 0 Å². The highest BCUT2D eigenvalue weighted by Gasteiger charge is 2.34. The van der Waals surface area contributed by atoms with Gasteiger partial charge >= 0.3 is 5.97 Å². The molecule has 0 fully saturated rings. The van der Waals surface area contributed by atoms with E-state index in [2.05, 4.69) is 5.32 Å². The Bertz CT molecular complexity index is 458. The molecule has 0 aliphatic carbocycles. The molecule has 0 heterocycles. The van der Waals surface area contributed by atoms with Crippen LogP contribution in [0.1, 0.15) is 32.3 Å². The zero-order valence-corrected chi connectivity index (χ0v) is 13.0. The third-order valence-electron chi connectivity index (χ3n) is 3.82. The summed E-state index contributed by atoms with van der Waals surface area (Å²) in [6.45, 7) is 4.84. The summed E-state index contributed by atoms with van der Waals surface area (Å²) in [5, 5.41) is 13.1. The van der Waals surface area contributed by atoms with Gasteiger partial charge in [-0.05, 0) is 30.5 Å². The zero-order valence-electron chi connectivity index (χ0n) is 12.2. The van der Waals surface area contributed by atoms with Gasteiger partial charge in [-0.3, -0.25) is 4.79 Å². The van der Waals surface area contributed by atoms with Crippen molar-refractivity contribution in [2.75, 3.05) is 13.7 Å². The largest absolute Gasteiger partial charge is 0.495 e. The van der Waals surface area contributed by atoms with Crippen LogP contribution in [0.25, 0.3) is 0 Å². The lowest BCUT2D eigenvalue weighted by molar-refractivity contribution is -0.149. The Morgan fingerprint density at radius 3 is 2.50 bits per heavy atom. The van der Waals surface area contributed by atoms with Crippen LogP contribution in [0.5, 0.6) is 5.75 Å². The van der Waals surface area contributed by atoms with Gasteiger partial charge in [-0.15, -0.1) is 0 Å². The molecule has 0 saturated heterocycles. The smallest absolute Gasteiger partial charge is 0.310 e. The number of carboxylic acid groups (broad SMARTS) is 1. The van der Waals surface area contributed by atoms with Crippen molar-refractivity contribution < 1.29 is 14.6 Å². The average molecular weight is 300 g/mol. The predicted octanol–water partition coefficient (Wildman–Crippen LogP) is 3.33. The highest BCUT2D eigenvalue weighted by molar-refractivity contribution is 6.32. The van der Waals surface area contributed by atoms with Crippen molar-refractivity contribution in [1.29, 1.82) is 0 Å². The van der Waals surface area contributed by atoms with Crippen LogP contribution in [-0.2, 0) is 11.3 Å². The number of halogens is 1. The van der Waals surface area contributed by atoms with E-state index in [-0.39, 0.29) is 0 Å². The van der Waals surface area contributed by atoms with Gasteiger partial charge in [0.2, 0.25) is 0 Å². The maximum absolute atomic E-state index is 11.4. The van der Waals surface area contributed by atoms with Crippen LogP contribution >= 0.6 is 11.6 Å². The van der Waals surface area contributed by atoms with E-state index in [1.165, 1.54) is 0 Å².